The first-order valence-electron chi connectivity index (χ1n) is 5.48. The summed E-state index contributed by atoms with van der Waals surface area (Å²) in [5.41, 5.74) is 1.68. The van der Waals surface area contributed by atoms with Gasteiger partial charge in [0.2, 0.25) is 0 Å². The number of hydrogen-bond donors (Lipinski definition) is 1. The van der Waals surface area contributed by atoms with Crippen molar-refractivity contribution in [2.45, 2.75) is 12.5 Å². The van der Waals surface area contributed by atoms with Crippen LogP contribution >= 0.6 is 15.9 Å². The fourth-order valence-corrected chi connectivity index (χ4v) is 2.14. The van der Waals surface area contributed by atoms with E-state index in [4.69, 9.17) is 4.74 Å². The Bertz CT molecular complexity index is 520. The van der Waals surface area contributed by atoms with Gasteiger partial charge < -0.3 is 9.84 Å². The maximum Gasteiger partial charge on any atom is 0.122 e. The first-order valence-corrected chi connectivity index (χ1v) is 6.27. The van der Waals surface area contributed by atoms with Crippen LogP contribution in [-0.2, 0) is 6.42 Å². The first-order chi connectivity index (χ1) is 8.70. The molecule has 94 valence electrons. The minimum atomic E-state index is -0.622. The second kappa shape index (κ2) is 5.93. The zero-order valence-corrected chi connectivity index (χ0v) is 11.5. The van der Waals surface area contributed by atoms with E-state index in [1.54, 1.807) is 25.6 Å². The Morgan fingerprint density at radius 2 is 2.17 bits per heavy atom. The molecule has 2 aromatic rings. The number of aliphatic hydroxyl groups excluding tert-OH is 1. The molecule has 0 saturated carbocycles. The van der Waals surface area contributed by atoms with Crippen molar-refractivity contribution in [3.8, 4) is 5.75 Å². The highest BCUT2D eigenvalue weighted by atomic mass is 79.9. The molecule has 5 heteroatoms. The maximum atomic E-state index is 10.1. The first kappa shape index (κ1) is 13.0. The van der Waals surface area contributed by atoms with Crippen molar-refractivity contribution in [2.24, 2.45) is 0 Å². The molecule has 1 unspecified atom stereocenters. The Hall–Kier alpha value is -1.46. The summed E-state index contributed by atoms with van der Waals surface area (Å²) in [4.78, 5) is 0. The van der Waals surface area contributed by atoms with Gasteiger partial charge in [-0.3, -0.25) is 0 Å². The van der Waals surface area contributed by atoms with Gasteiger partial charge in [0.1, 0.15) is 5.75 Å². The third-order valence-electron chi connectivity index (χ3n) is 2.65. The van der Waals surface area contributed by atoms with Gasteiger partial charge in [0.05, 0.1) is 19.4 Å². The van der Waals surface area contributed by atoms with E-state index in [1.165, 1.54) is 0 Å². The second-order valence-corrected chi connectivity index (χ2v) is 4.77. The average Bonchev–Trinajstić information content (AvgIpc) is 2.40. The lowest BCUT2D eigenvalue weighted by atomic mass is 10.0. The Labute approximate surface area is 114 Å². The van der Waals surface area contributed by atoms with E-state index in [9.17, 15) is 5.11 Å². The molecule has 0 amide bonds. The van der Waals surface area contributed by atoms with Gasteiger partial charge in [0.15, 0.2) is 0 Å². The molecule has 1 atom stereocenters. The summed E-state index contributed by atoms with van der Waals surface area (Å²) < 4.78 is 6.23. The molecule has 0 aliphatic carbocycles. The average molecular weight is 309 g/mol. The number of halogens is 1. The number of rotatable bonds is 4. The molecule has 2 rings (SSSR count). The lowest BCUT2D eigenvalue weighted by molar-refractivity contribution is 0.176. The fraction of sp³-hybridized carbons (Fsp3) is 0.231. The molecule has 0 bridgehead atoms. The number of methoxy groups -OCH3 is 1. The third-order valence-corrected chi connectivity index (χ3v) is 3.14. The molecule has 1 N–H and O–H groups in total. The number of aromatic nitrogens is 2. The van der Waals surface area contributed by atoms with Crippen molar-refractivity contribution in [3.63, 3.8) is 0 Å². The lowest BCUT2D eigenvalue weighted by Crippen LogP contribution is -2.04. The minimum absolute atomic E-state index is 0.467. The van der Waals surface area contributed by atoms with E-state index in [1.807, 2.05) is 18.2 Å². The van der Waals surface area contributed by atoms with Gasteiger partial charge in [-0.05, 0) is 29.8 Å². The van der Waals surface area contributed by atoms with Crippen LogP contribution in [0.2, 0.25) is 0 Å². The van der Waals surface area contributed by atoms with Gasteiger partial charge in [-0.15, -0.1) is 0 Å². The molecule has 4 nitrogen and oxygen atoms in total. The maximum absolute atomic E-state index is 10.1. The van der Waals surface area contributed by atoms with Crippen molar-refractivity contribution in [3.05, 3.63) is 52.3 Å². The molecular formula is C13H13BrN2O2. The van der Waals surface area contributed by atoms with Gasteiger partial charge >= 0.3 is 0 Å². The van der Waals surface area contributed by atoms with Crippen LogP contribution in [0.4, 0.5) is 0 Å². The van der Waals surface area contributed by atoms with Gasteiger partial charge in [-0.2, -0.15) is 10.2 Å². The summed E-state index contributed by atoms with van der Waals surface area (Å²) in [7, 11) is 1.62. The normalized spacial score (nSPS) is 12.2. The monoisotopic (exact) mass is 308 g/mol. The molecule has 0 radical (unpaired) electrons. The highest BCUT2D eigenvalue weighted by Crippen LogP contribution is 2.27. The second-order valence-electron chi connectivity index (χ2n) is 3.85. The van der Waals surface area contributed by atoms with Crippen LogP contribution in [0, 0.1) is 0 Å². The van der Waals surface area contributed by atoms with Gasteiger partial charge in [-0.1, -0.05) is 15.9 Å². The van der Waals surface area contributed by atoms with Crippen molar-refractivity contribution < 1.29 is 9.84 Å². The molecular weight excluding hydrogens is 296 g/mol. The van der Waals surface area contributed by atoms with Crippen LogP contribution in [0.15, 0.2) is 41.1 Å². The zero-order valence-electron chi connectivity index (χ0n) is 9.88. The van der Waals surface area contributed by atoms with E-state index in [-0.39, 0.29) is 0 Å². The number of hydrogen-bond acceptors (Lipinski definition) is 4. The third kappa shape index (κ3) is 3.05. The Morgan fingerprint density at radius 3 is 2.83 bits per heavy atom. The van der Waals surface area contributed by atoms with E-state index in [2.05, 4.69) is 26.1 Å². The highest BCUT2D eigenvalue weighted by molar-refractivity contribution is 9.10. The van der Waals surface area contributed by atoms with E-state index in [0.29, 0.717) is 6.42 Å². The minimum Gasteiger partial charge on any atom is -0.496 e. The van der Waals surface area contributed by atoms with Crippen LogP contribution in [-0.4, -0.2) is 22.4 Å². The predicted molar refractivity (Wildman–Crippen MR) is 71.4 cm³/mol. The van der Waals surface area contributed by atoms with E-state index < -0.39 is 6.10 Å². The van der Waals surface area contributed by atoms with Crippen LogP contribution in [0.3, 0.4) is 0 Å². The van der Waals surface area contributed by atoms with Crippen LogP contribution < -0.4 is 4.74 Å². The van der Waals surface area contributed by atoms with Crippen LogP contribution in [0.1, 0.15) is 17.2 Å². The number of benzene rings is 1. The standard InChI is InChI=1S/C13H13BrN2O2/c1-18-13-3-2-11(14)6-10(13)7-12(17)9-4-5-15-16-8-9/h2-6,8,12,17H,7H2,1H3. The highest BCUT2D eigenvalue weighted by Gasteiger charge is 2.12. The number of aliphatic hydroxyl groups is 1. The molecule has 0 spiro atoms. The Balaban J connectivity index is 2.21. The van der Waals surface area contributed by atoms with E-state index in [0.717, 1.165) is 21.3 Å². The fourth-order valence-electron chi connectivity index (χ4n) is 1.73. The summed E-state index contributed by atoms with van der Waals surface area (Å²) in [6.45, 7) is 0. The summed E-state index contributed by atoms with van der Waals surface area (Å²) in [6, 6.07) is 7.47. The molecule has 1 aromatic carbocycles. The van der Waals surface area contributed by atoms with Gasteiger partial charge in [-0.25, -0.2) is 0 Å². The summed E-state index contributed by atoms with van der Waals surface area (Å²) in [5.74, 6) is 0.763. The number of ether oxygens (including phenoxy) is 1. The van der Waals surface area contributed by atoms with Crippen molar-refractivity contribution in [1.29, 1.82) is 0 Å². The Kier molecular flexibility index (Phi) is 4.28. The topological polar surface area (TPSA) is 55.2 Å². The molecule has 1 aromatic heterocycles. The SMILES string of the molecule is COc1ccc(Br)cc1CC(O)c1ccnnc1. The van der Waals surface area contributed by atoms with Crippen molar-refractivity contribution >= 4 is 15.9 Å². The summed E-state index contributed by atoms with van der Waals surface area (Å²) in [6.07, 6.45) is 2.98. The smallest absolute Gasteiger partial charge is 0.122 e. The molecule has 0 saturated heterocycles. The summed E-state index contributed by atoms with van der Waals surface area (Å²) in [5, 5.41) is 17.6. The summed E-state index contributed by atoms with van der Waals surface area (Å²) >= 11 is 3.41. The van der Waals surface area contributed by atoms with Crippen molar-refractivity contribution in [1.82, 2.24) is 10.2 Å². The molecule has 1 heterocycles. The van der Waals surface area contributed by atoms with Gasteiger partial charge in [0, 0.05) is 22.7 Å². The molecule has 18 heavy (non-hydrogen) atoms. The molecule has 0 fully saturated rings. The Morgan fingerprint density at radius 1 is 1.33 bits per heavy atom. The van der Waals surface area contributed by atoms with Crippen LogP contribution in [0.25, 0.3) is 0 Å². The largest absolute Gasteiger partial charge is 0.496 e. The zero-order chi connectivity index (χ0) is 13.0. The molecule has 0 aliphatic heterocycles. The van der Waals surface area contributed by atoms with Crippen molar-refractivity contribution in [2.75, 3.05) is 7.11 Å². The van der Waals surface area contributed by atoms with Crippen LogP contribution in [0.5, 0.6) is 5.75 Å². The number of nitrogens with zero attached hydrogens (tertiary/aromatic N) is 2. The van der Waals surface area contributed by atoms with E-state index >= 15 is 0 Å². The van der Waals surface area contributed by atoms with Gasteiger partial charge in [0.25, 0.3) is 0 Å². The predicted octanol–water partition coefficient (Wildman–Crippen LogP) is 2.52. The molecule has 0 aliphatic rings. The quantitative estimate of drug-likeness (QED) is 0.943. The lowest BCUT2D eigenvalue weighted by Gasteiger charge is -2.13.